The predicted octanol–water partition coefficient (Wildman–Crippen LogP) is 4.06. The third-order valence-corrected chi connectivity index (χ3v) is 2.74. The van der Waals surface area contributed by atoms with E-state index in [0.717, 1.165) is 6.42 Å². The Hall–Kier alpha value is -0.410. The summed E-state index contributed by atoms with van der Waals surface area (Å²) in [5, 5.41) is 9.83. The van der Waals surface area contributed by atoms with Crippen molar-refractivity contribution < 1.29 is 9.50 Å². The summed E-state index contributed by atoms with van der Waals surface area (Å²) in [4.78, 5) is 0. The molecule has 1 unspecified atom stereocenters. The van der Waals surface area contributed by atoms with Crippen LogP contribution >= 0.6 is 15.9 Å². The molecular weight excluding hydrogens is 259 g/mol. The maximum absolute atomic E-state index is 13.0. The molecule has 0 amide bonds. The number of hydrogen-bond donors (Lipinski definition) is 1. The second kappa shape index (κ2) is 5.61. The predicted molar refractivity (Wildman–Crippen MR) is 63.1 cm³/mol. The number of hydrogen-bond acceptors (Lipinski definition) is 1. The van der Waals surface area contributed by atoms with E-state index in [0.29, 0.717) is 22.4 Å². The number of rotatable bonds is 4. The van der Waals surface area contributed by atoms with Crippen molar-refractivity contribution in [3.63, 3.8) is 0 Å². The third-order valence-electron chi connectivity index (χ3n) is 2.29. The molecule has 84 valence electrons. The molecule has 0 aromatic heterocycles. The van der Waals surface area contributed by atoms with Crippen LogP contribution in [0, 0.1) is 11.7 Å². The van der Waals surface area contributed by atoms with Crippen molar-refractivity contribution in [2.75, 3.05) is 0 Å². The van der Waals surface area contributed by atoms with Gasteiger partial charge in [0.2, 0.25) is 0 Å². The van der Waals surface area contributed by atoms with Gasteiger partial charge in [-0.25, -0.2) is 4.39 Å². The Morgan fingerprint density at radius 1 is 1.27 bits per heavy atom. The highest BCUT2D eigenvalue weighted by atomic mass is 79.9. The van der Waals surface area contributed by atoms with E-state index in [1.54, 1.807) is 6.07 Å². The van der Waals surface area contributed by atoms with E-state index >= 15 is 0 Å². The van der Waals surface area contributed by atoms with Gasteiger partial charge in [-0.3, -0.25) is 0 Å². The minimum atomic E-state index is -0.570. The van der Waals surface area contributed by atoms with Crippen molar-refractivity contribution in [1.82, 2.24) is 0 Å². The lowest BCUT2D eigenvalue weighted by molar-refractivity contribution is 0.158. The standard InChI is InChI=1S/C12H16BrFO/c1-8(2)3-4-12(15)9-5-10(13)7-11(14)6-9/h5-8,12,15H,3-4H2,1-2H3. The summed E-state index contributed by atoms with van der Waals surface area (Å²) in [7, 11) is 0. The largest absolute Gasteiger partial charge is 0.388 e. The number of aliphatic hydroxyl groups excluding tert-OH is 1. The molecule has 1 N–H and O–H groups in total. The molecule has 1 atom stereocenters. The first-order valence-corrected chi connectivity index (χ1v) is 5.92. The van der Waals surface area contributed by atoms with E-state index in [4.69, 9.17) is 0 Å². The van der Waals surface area contributed by atoms with E-state index in [1.165, 1.54) is 12.1 Å². The molecule has 0 aliphatic heterocycles. The van der Waals surface area contributed by atoms with Crippen LogP contribution in [0.4, 0.5) is 4.39 Å². The van der Waals surface area contributed by atoms with Gasteiger partial charge in [-0.05, 0) is 42.5 Å². The SMILES string of the molecule is CC(C)CCC(O)c1cc(F)cc(Br)c1. The minimum Gasteiger partial charge on any atom is -0.388 e. The lowest BCUT2D eigenvalue weighted by Gasteiger charge is -2.12. The summed E-state index contributed by atoms with van der Waals surface area (Å²) in [5.74, 6) is 0.236. The summed E-state index contributed by atoms with van der Waals surface area (Å²) in [5.41, 5.74) is 0.641. The van der Waals surface area contributed by atoms with E-state index < -0.39 is 6.10 Å². The Bertz CT molecular complexity index is 305. The first kappa shape index (κ1) is 12.7. The van der Waals surface area contributed by atoms with Crippen LogP contribution in [0.5, 0.6) is 0 Å². The first-order chi connectivity index (χ1) is 6.99. The Morgan fingerprint density at radius 2 is 1.93 bits per heavy atom. The summed E-state index contributed by atoms with van der Waals surface area (Å²) in [6.07, 6.45) is 1.04. The van der Waals surface area contributed by atoms with Crippen LogP contribution in [0.3, 0.4) is 0 Å². The molecule has 1 nitrogen and oxygen atoms in total. The van der Waals surface area contributed by atoms with E-state index in [9.17, 15) is 9.50 Å². The quantitative estimate of drug-likeness (QED) is 0.878. The molecule has 0 aliphatic carbocycles. The summed E-state index contributed by atoms with van der Waals surface area (Å²) >= 11 is 3.21. The first-order valence-electron chi connectivity index (χ1n) is 5.13. The van der Waals surface area contributed by atoms with Gasteiger partial charge in [0, 0.05) is 4.47 Å². The summed E-state index contributed by atoms with van der Waals surface area (Å²) in [6.45, 7) is 4.21. The van der Waals surface area contributed by atoms with Crippen LogP contribution in [0.1, 0.15) is 38.4 Å². The van der Waals surface area contributed by atoms with Crippen molar-refractivity contribution in [3.05, 3.63) is 34.1 Å². The fourth-order valence-electron chi connectivity index (χ4n) is 1.43. The van der Waals surface area contributed by atoms with Gasteiger partial charge in [0.1, 0.15) is 5.82 Å². The van der Waals surface area contributed by atoms with Crippen LogP contribution in [-0.2, 0) is 0 Å². The molecule has 0 aliphatic rings. The maximum Gasteiger partial charge on any atom is 0.124 e. The average molecular weight is 275 g/mol. The van der Waals surface area contributed by atoms with Crippen LogP contribution < -0.4 is 0 Å². The molecule has 0 bridgehead atoms. The Kier molecular flexibility index (Phi) is 4.74. The van der Waals surface area contributed by atoms with Gasteiger partial charge in [0.15, 0.2) is 0 Å². The maximum atomic E-state index is 13.0. The van der Waals surface area contributed by atoms with E-state index in [1.807, 2.05) is 0 Å². The van der Waals surface area contributed by atoms with Crippen LogP contribution in [0.25, 0.3) is 0 Å². The second-order valence-electron chi connectivity index (χ2n) is 4.19. The minimum absolute atomic E-state index is 0.317. The number of benzene rings is 1. The molecule has 1 aromatic rings. The normalized spacial score (nSPS) is 13.2. The van der Waals surface area contributed by atoms with E-state index in [2.05, 4.69) is 29.8 Å². The smallest absolute Gasteiger partial charge is 0.124 e. The highest BCUT2D eigenvalue weighted by molar-refractivity contribution is 9.10. The fourth-order valence-corrected chi connectivity index (χ4v) is 1.91. The molecule has 0 heterocycles. The van der Waals surface area contributed by atoms with Crippen molar-refractivity contribution in [2.45, 2.75) is 32.8 Å². The number of halogens is 2. The average Bonchev–Trinajstić information content (AvgIpc) is 2.12. The molecule has 0 radical (unpaired) electrons. The Labute approximate surface area is 98.4 Å². The van der Waals surface area contributed by atoms with Gasteiger partial charge in [0.25, 0.3) is 0 Å². The van der Waals surface area contributed by atoms with Crippen molar-refractivity contribution in [2.24, 2.45) is 5.92 Å². The second-order valence-corrected chi connectivity index (χ2v) is 5.11. The van der Waals surface area contributed by atoms with Gasteiger partial charge in [-0.2, -0.15) is 0 Å². The summed E-state index contributed by atoms with van der Waals surface area (Å²) in [6, 6.07) is 4.53. The zero-order chi connectivity index (χ0) is 11.4. The molecule has 0 saturated heterocycles. The Balaban J connectivity index is 2.68. The highest BCUT2D eigenvalue weighted by Gasteiger charge is 2.10. The molecule has 15 heavy (non-hydrogen) atoms. The van der Waals surface area contributed by atoms with Crippen LogP contribution in [-0.4, -0.2) is 5.11 Å². The Morgan fingerprint density at radius 3 is 2.47 bits per heavy atom. The highest BCUT2D eigenvalue weighted by Crippen LogP contribution is 2.24. The molecule has 1 aromatic carbocycles. The topological polar surface area (TPSA) is 20.2 Å². The van der Waals surface area contributed by atoms with Crippen LogP contribution in [0.15, 0.2) is 22.7 Å². The van der Waals surface area contributed by atoms with Crippen LogP contribution in [0.2, 0.25) is 0 Å². The molecule has 3 heteroatoms. The fraction of sp³-hybridized carbons (Fsp3) is 0.500. The molecule has 0 spiro atoms. The van der Waals surface area contributed by atoms with Gasteiger partial charge in [0.05, 0.1) is 6.10 Å². The molecule has 1 rings (SSSR count). The van der Waals surface area contributed by atoms with Crippen molar-refractivity contribution in [1.29, 1.82) is 0 Å². The number of aliphatic hydroxyl groups is 1. The molecular formula is C12H16BrFO. The lowest BCUT2D eigenvalue weighted by Crippen LogP contribution is -2.00. The van der Waals surface area contributed by atoms with E-state index in [-0.39, 0.29) is 5.82 Å². The third kappa shape index (κ3) is 4.31. The monoisotopic (exact) mass is 274 g/mol. The zero-order valence-electron chi connectivity index (χ0n) is 9.00. The molecule has 0 saturated carbocycles. The van der Waals surface area contributed by atoms with Gasteiger partial charge in [-0.1, -0.05) is 29.8 Å². The van der Waals surface area contributed by atoms with Crippen molar-refractivity contribution >= 4 is 15.9 Å². The molecule has 0 fully saturated rings. The summed E-state index contributed by atoms with van der Waals surface area (Å²) < 4.78 is 13.7. The lowest BCUT2D eigenvalue weighted by atomic mass is 10.00. The van der Waals surface area contributed by atoms with Crippen molar-refractivity contribution in [3.8, 4) is 0 Å². The van der Waals surface area contributed by atoms with Gasteiger partial charge >= 0.3 is 0 Å². The van der Waals surface area contributed by atoms with Gasteiger partial charge < -0.3 is 5.11 Å². The zero-order valence-corrected chi connectivity index (χ0v) is 10.6. The van der Waals surface area contributed by atoms with Gasteiger partial charge in [-0.15, -0.1) is 0 Å².